The van der Waals surface area contributed by atoms with Crippen LogP contribution >= 0.6 is 0 Å². The van der Waals surface area contributed by atoms with Crippen molar-refractivity contribution >= 4 is 5.91 Å². The van der Waals surface area contributed by atoms with Gasteiger partial charge in [-0.15, -0.1) is 0 Å². The number of amides is 1. The van der Waals surface area contributed by atoms with Crippen molar-refractivity contribution in [3.63, 3.8) is 0 Å². The molecule has 0 saturated carbocycles. The fraction of sp³-hybridized carbons (Fsp3) is 0.417. The number of nitrogens with one attached hydrogen (secondary N) is 1. The Morgan fingerprint density at radius 2 is 2.06 bits per heavy atom. The lowest BCUT2D eigenvalue weighted by Crippen LogP contribution is -2.22. The largest absolute Gasteiger partial charge is 0.490 e. The molecule has 1 N–H and O–H groups in total. The van der Waals surface area contributed by atoms with Crippen LogP contribution in [0.3, 0.4) is 0 Å². The van der Waals surface area contributed by atoms with Crippen LogP contribution in [0.1, 0.15) is 23.7 Å². The number of carbonyl (C=O) groups is 1. The second-order valence-electron chi connectivity index (χ2n) is 3.57. The van der Waals surface area contributed by atoms with Crippen LogP contribution in [0.4, 0.5) is 0 Å². The van der Waals surface area contributed by atoms with Gasteiger partial charge >= 0.3 is 0 Å². The molecule has 1 aliphatic heterocycles. The van der Waals surface area contributed by atoms with Crippen LogP contribution in [0.5, 0.6) is 11.5 Å². The van der Waals surface area contributed by atoms with E-state index >= 15 is 0 Å². The lowest BCUT2D eigenvalue weighted by atomic mass is 10.2. The average Bonchev–Trinajstić information content (AvgIpc) is 2.53. The van der Waals surface area contributed by atoms with E-state index in [1.807, 2.05) is 6.92 Å². The standard InChI is InChI=1S/C12H15NO3/c1-2-13-12(14)9-4-5-10-11(8-9)16-7-3-6-15-10/h4-5,8H,2-3,6-7H2,1H3,(H,13,14). The van der Waals surface area contributed by atoms with Gasteiger partial charge in [0.15, 0.2) is 11.5 Å². The minimum Gasteiger partial charge on any atom is -0.490 e. The SMILES string of the molecule is CCNC(=O)c1ccc2c(c1)OCCCO2. The molecule has 86 valence electrons. The summed E-state index contributed by atoms with van der Waals surface area (Å²) in [5, 5.41) is 2.75. The fourth-order valence-electron chi connectivity index (χ4n) is 1.57. The molecule has 0 aromatic heterocycles. The summed E-state index contributed by atoms with van der Waals surface area (Å²) in [5.41, 5.74) is 0.603. The van der Waals surface area contributed by atoms with E-state index in [-0.39, 0.29) is 5.91 Å². The minimum atomic E-state index is -0.0850. The van der Waals surface area contributed by atoms with Crippen molar-refractivity contribution in [2.24, 2.45) is 0 Å². The van der Waals surface area contributed by atoms with Gasteiger partial charge in [-0.05, 0) is 25.1 Å². The number of carbonyl (C=O) groups excluding carboxylic acids is 1. The first-order valence-electron chi connectivity index (χ1n) is 5.49. The van der Waals surface area contributed by atoms with Gasteiger partial charge in [0.25, 0.3) is 5.91 Å². The van der Waals surface area contributed by atoms with Gasteiger partial charge in [-0.3, -0.25) is 4.79 Å². The fourth-order valence-corrected chi connectivity index (χ4v) is 1.57. The van der Waals surface area contributed by atoms with Crippen molar-refractivity contribution in [2.75, 3.05) is 19.8 Å². The second-order valence-corrected chi connectivity index (χ2v) is 3.57. The van der Waals surface area contributed by atoms with Crippen LogP contribution in [0.25, 0.3) is 0 Å². The highest BCUT2D eigenvalue weighted by atomic mass is 16.5. The number of hydrogen-bond donors (Lipinski definition) is 1. The third kappa shape index (κ3) is 2.27. The van der Waals surface area contributed by atoms with E-state index in [4.69, 9.17) is 9.47 Å². The third-order valence-electron chi connectivity index (χ3n) is 2.35. The highest BCUT2D eigenvalue weighted by molar-refractivity contribution is 5.94. The van der Waals surface area contributed by atoms with E-state index in [1.54, 1.807) is 18.2 Å². The van der Waals surface area contributed by atoms with Gasteiger partial charge in [-0.2, -0.15) is 0 Å². The van der Waals surface area contributed by atoms with E-state index < -0.39 is 0 Å². The molecule has 0 saturated heterocycles. The molecular weight excluding hydrogens is 206 g/mol. The molecule has 16 heavy (non-hydrogen) atoms. The molecule has 1 heterocycles. The molecule has 0 unspecified atom stereocenters. The first kappa shape index (κ1) is 10.8. The monoisotopic (exact) mass is 221 g/mol. The zero-order chi connectivity index (χ0) is 11.4. The van der Waals surface area contributed by atoms with Gasteiger partial charge in [-0.25, -0.2) is 0 Å². The number of hydrogen-bond acceptors (Lipinski definition) is 3. The molecule has 0 bridgehead atoms. The maximum Gasteiger partial charge on any atom is 0.251 e. The van der Waals surface area contributed by atoms with Gasteiger partial charge in [0, 0.05) is 18.5 Å². The van der Waals surface area contributed by atoms with Gasteiger partial charge in [0.05, 0.1) is 13.2 Å². The first-order chi connectivity index (χ1) is 7.81. The van der Waals surface area contributed by atoms with Crippen LogP contribution in [0, 0.1) is 0 Å². The Kier molecular flexibility index (Phi) is 3.29. The Labute approximate surface area is 94.6 Å². The van der Waals surface area contributed by atoms with Crippen LogP contribution in [0.2, 0.25) is 0 Å². The molecule has 1 amide bonds. The van der Waals surface area contributed by atoms with E-state index in [9.17, 15) is 4.79 Å². The Bertz CT molecular complexity index is 390. The van der Waals surface area contributed by atoms with Crippen LogP contribution in [0.15, 0.2) is 18.2 Å². The lowest BCUT2D eigenvalue weighted by molar-refractivity contribution is 0.0955. The van der Waals surface area contributed by atoms with Crippen molar-refractivity contribution in [2.45, 2.75) is 13.3 Å². The number of ether oxygens (including phenoxy) is 2. The third-order valence-corrected chi connectivity index (χ3v) is 2.35. The van der Waals surface area contributed by atoms with Crippen molar-refractivity contribution in [3.8, 4) is 11.5 Å². The van der Waals surface area contributed by atoms with E-state index in [2.05, 4.69) is 5.32 Å². The van der Waals surface area contributed by atoms with E-state index in [0.29, 0.717) is 36.8 Å². The van der Waals surface area contributed by atoms with E-state index in [1.165, 1.54) is 0 Å². The highest BCUT2D eigenvalue weighted by Gasteiger charge is 2.13. The Morgan fingerprint density at radius 3 is 2.81 bits per heavy atom. The second kappa shape index (κ2) is 4.88. The molecule has 0 aliphatic carbocycles. The average molecular weight is 221 g/mol. The van der Waals surface area contributed by atoms with Crippen molar-refractivity contribution in [3.05, 3.63) is 23.8 Å². The summed E-state index contributed by atoms with van der Waals surface area (Å²) >= 11 is 0. The zero-order valence-corrected chi connectivity index (χ0v) is 9.29. The lowest BCUT2D eigenvalue weighted by Gasteiger charge is -2.08. The van der Waals surface area contributed by atoms with Crippen molar-refractivity contribution in [1.82, 2.24) is 5.32 Å². The van der Waals surface area contributed by atoms with Crippen molar-refractivity contribution in [1.29, 1.82) is 0 Å². The van der Waals surface area contributed by atoms with Crippen LogP contribution < -0.4 is 14.8 Å². The minimum absolute atomic E-state index is 0.0850. The highest BCUT2D eigenvalue weighted by Crippen LogP contribution is 2.30. The van der Waals surface area contributed by atoms with Gasteiger partial charge in [0.1, 0.15) is 0 Å². The van der Waals surface area contributed by atoms with E-state index in [0.717, 1.165) is 6.42 Å². The molecule has 1 aromatic rings. The number of fused-ring (bicyclic) bond motifs is 1. The summed E-state index contributed by atoms with van der Waals surface area (Å²) in [6.07, 6.45) is 0.866. The molecule has 0 radical (unpaired) electrons. The molecule has 2 rings (SSSR count). The predicted octanol–water partition coefficient (Wildman–Crippen LogP) is 1.60. The molecule has 1 aliphatic rings. The molecular formula is C12H15NO3. The topological polar surface area (TPSA) is 47.6 Å². The maximum absolute atomic E-state index is 11.6. The zero-order valence-electron chi connectivity index (χ0n) is 9.29. The summed E-state index contributed by atoms with van der Waals surface area (Å²) in [5.74, 6) is 1.28. The quantitative estimate of drug-likeness (QED) is 0.825. The van der Waals surface area contributed by atoms with Gasteiger partial charge < -0.3 is 14.8 Å². The molecule has 4 heteroatoms. The summed E-state index contributed by atoms with van der Waals surface area (Å²) in [6, 6.07) is 5.26. The predicted molar refractivity (Wildman–Crippen MR) is 60.1 cm³/mol. The summed E-state index contributed by atoms with van der Waals surface area (Å²) in [6.45, 7) is 3.80. The van der Waals surface area contributed by atoms with Crippen LogP contribution in [-0.2, 0) is 0 Å². The number of benzene rings is 1. The first-order valence-corrected chi connectivity index (χ1v) is 5.49. The molecule has 0 spiro atoms. The van der Waals surface area contributed by atoms with Crippen LogP contribution in [-0.4, -0.2) is 25.7 Å². The molecule has 0 fully saturated rings. The van der Waals surface area contributed by atoms with Crippen molar-refractivity contribution < 1.29 is 14.3 Å². The van der Waals surface area contributed by atoms with Gasteiger partial charge in [-0.1, -0.05) is 0 Å². The summed E-state index contributed by atoms with van der Waals surface area (Å²) < 4.78 is 11.0. The van der Waals surface area contributed by atoms with Gasteiger partial charge in [0.2, 0.25) is 0 Å². The number of rotatable bonds is 2. The molecule has 0 atom stereocenters. The summed E-state index contributed by atoms with van der Waals surface area (Å²) in [7, 11) is 0. The molecule has 1 aromatic carbocycles. The summed E-state index contributed by atoms with van der Waals surface area (Å²) in [4.78, 5) is 11.6. The Hall–Kier alpha value is -1.71. The Balaban J connectivity index is 2.23. The smallest absolute Gasteiger partial charge is 0.251 e. The Morgan fingerprint density at radius 1 is 1.31 bits per heavy atom. The maximum atomic E-state index is 11.6. The normalized spacial score (nSPS) is 14.1. The molecule has 4 nitrogen and oxygen atoms in total.